The highest BCUT2D eigenvalue weighted by Crippen LogP contribution is 2.35. The second-order valence-electron chi connectivity index (χ2n) is 7.45. The summed E-state index contributed by atoms with van der Waals surface area (Å²) in [6.45, 7) is 6.41. The normalized spacial score (nSPS) is 21.2. The van der Waals surface area contributed by atoms with Gasteiger partial charge in [0.25, 0.3) is 0 Å². The van der Waals surface area contributed by atoms with Crippen LogP contribution in [0.1, 0.15) is 24.6 Å². The fourth-order valence-corrected chi connectivity index (χ4v) is 3.83. The predicted octanol–water partition coefficient (Wildman–Crippen LogP) is 2.73. The van der Waals surface area contributed by atoms with Crippen LogP contribution in [0.2, 0.25) is 0 Å². The number of phenols is 1. The average Bonchev–Trinajstić information content (AvgIpc) is 2.62. The zero-order valence-corrected chi connectivity index (χ0v) is 15.1. The van der Waals surface area contributed by atoms with Crippen LogP contribution in [0.5, 0.6) is 5.75 Å². The average molecular weight is 338 g/mol. The van der Waals surface area contributed by atoms with Crippen molar-refractivity contribution in [2.45, 2.75) is 26.2 Å². The first-order valence-corrected chi connectivity index (χ1v) is 9.23. The summed E-state index contributed by atoms with van der Waals surface area (Å²) in [7, 11) is 2.17. The summed E-state index contributed by atoms with van der Waals surface area (Å²) in [5, 5.41) is 10.2. The number of rotatable bonds is 2. The van der Waals surface area contributed by atoms with Crippen molar-refractivity contribution in [2.24, 2.45) is 5.92 Å². The van der Waals surface area contributed by atoms with Crippen molar-refractivity contribution >= 4 is 5.82 Å². The highest BCUT2D eigenvalue weighted by atomic mass is 16.3. The molecule has 1 atom stereocenters. The van der Waals surface area contributed by atoms with E-state index >= 15 is 0 Å². The van der Waals surface area contributed by atoms with E-state index in [-0.39, 0.29) is 5.75 Å². The molecule has 5 nitrogen and oxygen atoms in total. The van der Waals surface area contributed by atoms with Gasteiger partial charge in [0.1, 0.15) is 11.6 Å². The Morgan fingerprint density at radius 2 is 1.84 bits per heavy atom. The molecule has 1 aliphatic carbocycles. The maximum absolute atomic E-state index is 10.2. The maximum atomic E-state index is 10.2. The number of aromatic nitrogens is 2. The summed E-state index contributed by atoms with van der Waals surface area (Å²) < 4.78 is 0. The minimum absolute atomic E-state index is 0.246. The van der Waals surface area contributed by atoms with Crippen LogP contribution >= 0.6 is 0 Å². The molecule has 0 spiro atoms. The number of para-hydroxylation sites is 1. The maximum Gasteiger partial charge on any atom is 0.165 e. The molecule has 5 heteroatoms. The molecular formula is C20H26N4O. The van der Waals surface area contributed by atoms with Gasteiger partial charge in [0.2, 0.25) is 0 Å². The Bertz CT molecular complexity index is 768. The van der Waals surface area contributed by atoms with Gasteiger partial charge in [-0.25, -0.2) is 9.97 Å². The number of hydrogen-bond donors (Lipinski definition) is 1. The molecule has 2 heterocycles. The molecule has 0 saturated carbocycles. The molecule has 25 heavy (non-hydrogen) atoms. The Hall–Kier alpha value is -2.14. The zero-order valence-electron chi connectivity index (χ0n) is 15.1. The summed E-state index contributed by atoms with van der Waals surface area (Å²) in [5.41, 5.74) is 3.21. The number of fused-ring (bicyclic) bond motifs is 1. The number of likely N-dealkylation sites (N-methyl/N-ethyl adjacent to an activating group) is 1. The molecule has 2 aromatic rings. The lowest BCUT2D eigenvalue weighted by Gasteiger charge is -2.36. The number of nitrogens with zero attached hydrogens (tertiary/aromatic N) is 4. The Balaban J connectivity index is 1.80. The van der Waals surface area contributed by atoms with Gasteiger partial charge >= 0.3 is 0 Å². The number of anilines is 1. The summed E-state index contributed by atoms with van der Waals surface area (Å²) in [5.74, 6) is 2.66. The van der Waals surface area contributed by atoms with E-state index in [9.17, 15) is 5.11 Å². The standard InChI is InChI=1S/C20H26N4O/c1-14-7-8-17-16(13-14)20(24-11-9-23(2)10-12-24)22-19(21-17)15-5-3-4-6-18(15)25/h3-6,14,25H,7-13H2,1-2H3. The van der Waals surface area contributed by atoms with Crippen LogP contribution in [0.25, 0.3) is 11.4 Å². The predicted molar refractivity (Wildman–Crippen MR) is 100 cm³/mol. The lowest BCUT2D eigenvalue weighted by atomic mass is 9.87. The summed E-state index contributed by atoms with van der Waals surface area (Å²) in [6.07, 6.45) is 3.23. The molecule has 1 aromatic carbocycles. The summed E-state index contributed by atoms with van der Waals surface area (Å²) in [6, 6.07) is 7.36. The Kier molecular flexibility index (Phi) is 4.34. The number of piperazine rings is 1. The molecule has 1 N–H and O–H groups in total. The molecule has 1 unspecified atom stereocenters. The van der Waals surface area contributed by atoms with Crippen molar-refractivity contribution in [2.75, 3.05) is 38.1 Å². The largest absolute Gasteiger partial charge is 0.507 e. The number of aryl methyl sites for hydroxylation is 1. The van der Waals surface area contributed by atoms with Crippen LogP contribution in [-0.4, -0.2) is 53.2 Å². The van der Waals surface area contributed by atoms with E-state index in [1.165, 1.54) is 17.7 Å². The lowest BCUT2D eigenvalue weighted by Crippen LogP contribution is -2.45. The topological polar surface area (TPSA) is 52.5 Å². The van der Waals surface area contributed by atoms with Crippen molar-refractivity contribution in [3.05, 3.63) is 35.5 Å². The van der Waals surface area contributed by atoms with Crippen LogP contribution in [0.4, 0.5) is 5.82 Å². The second kappa shape index (κ2) is 6.64. The van der Waals surface area contributed by atoms with E-state index in [0.717, 1.165) is 50.4 Å². The van der Waals surface area contributed by atoms with Crippen LogP contribution in [0.3, 0.4) is 0 Å². The van der Waals surface area contributed by atoms with Gasteiger partial charge in [-0.15, -0.1) is 0 Å². The molecule has 4 rings (SSSR count). The van der Waals surface area contributed by atoms with Crippen molar-refractivity contribution < 1.29 is 5.11 Å². The third-order valence-electron chi connectivity index (χ3n) is 5.45. The van der Waals surface area contributed by atoms with Gasteiger partial charge in [0, 0.05) is 37.4 Å². The molecule has 0 radical (unpaired) electrons. The minimum Gasteiger partial charge on any atom is -0.507 e. The van der Waals surface area contributed by atoms with Gasteiger partial charge in [-0.05, 0) is 44.4 Å². The Morgan fingerprint density at radius 3 is 2.60 bits per heavy atom. The van der Waals surface area contributed by atoms with Crippen molar-refractivity contribution in [1.82, 2.24) is 14.9 Å². The first-order chi connectivity index (χ1) is 12.1. The van der Waals surface area contributed by atoms with Gasteiger partial charge in [0.05, 0.1) is 5.56 Å². The fraction of sp³-hybridized carbons (Fsp3) is 0.500. The summed E-state index contributed by atoms with van der Waals surface area (Å²) >= 11 is 0. The van der Waals surface area contributed by atoms with Crippen molar-refractivity contribution in [3.63, 3.8) is 0 Å². The minimum atomic E-state index is 0.246. The van der Waals surface area contributed by atoms with Crippen LogP contribution < -0.4 is 4.90 Å². The zero-order chi connectivity index (χ0) is 17.4. The molecule has 1 aliphatic heterocycles. The van der Waals surface area contributed by atoms with Gasteiger partial charge in [-0.3, -0.25) is 0 Å². The lowest BCUT2D eigenvalue weighted by molar-refractivity contribution is 0.311. The van der Waals surface area contributed by atoms with Gasteiger partial charge < -0.3 is 14.9 Å². The number of benzene rings is 1. The smallest absolute Gasteiger partial charge is 0.165 e. The third kappa shape index (κ3) is 3.21. The highest BCUT2D eigenvalue weighted by Gasteiger charge is 2.26. The molecular weight excluding hydrogens is 312 g/mol. The number of phenolic OH excluding ortho intramolecular Hbond substituents is 1. The van der Waals surface area contributed by atoms with Crippen molar-refractivity contribution in [1.29, 1.82) is 0 Å². The molecule has 1 fully saturated rings. The van der Waals surface area contributed by atoms with Crippen LogP contribution in [-0.2, 0) is 12.8 Å². The number of hydrogen-bond acceptors (Lipinski definition) is 5. The van der Waals surface area contributed by atoms with Gasteiger partial charge in [0.15, 0.2) is 5.82 Å². The number of aromatic hydroxyl groups is 1. The first kappa shape index (κ1) is 16.3. The third-order valence-corrected chi connectivity index (χ3v) is 5.45. The van der Waals surface area contributed by atoms with Gasteiger partial charge in [-0.1, -0.05) is 19.1 Å². The molecule has 1 saturated heterocycles. The summed E-state index contributed by atoms with van der Waals surface area (Å²) in [4.78, 5) is 14.5. The molecule has 132 valence electrons. The van der Waals surface area contributed by atoms with Crippen LogP contribution in [0, 0.1) is 5.92 Å². The quantitative estimate of drug-likeness (QED) is 0.912. The van der Waals surface area contributed by atoms with E-state index in [2.05, 4.69) is 23.8 Å². The first-order valence-electron chi connectivity index (χ1n) is 9.23. The molecule has 1 aromatic heterocycles. The highest BCUT2D eigenvalue weighted by molar-refractivity contribution is 5.66. The van der Waals surface area contributed by atoms with E-state index < -0.39 is 0 Å². The van der Waals surface area contributed by atoms with Gasteiger partial charge in [-0.2, -0.15) is 0 Å². The fourth-order valence-electron chi connectivity index (χ4n) is 3.83. The van der Waals surface area contributed by atoms with E-state index in [1.54, 1.807) is 6.07 Å². The van der Waals surface area contributed by atoms with E-state index in [0.29, 0.717) is 11.7 Å². The second-order valence-corrected chi connectivity index (χ2v) is 7.45. The van der Waals surface area contributed by atoms with Crippen molar-refractivity contribution in [3.8, 4) is 17.1 Å². The Labute approximate surface area is 149 Å². The van der Waals surface area contributed by atoms with E-state index in [1.807, 2.05) is 18.2 Å². The molecule has 2 aliphatic rings. The SMILES string of the molecule is CC1CCc2nc(-c3ccccc3O)nc(N3CCN(C)CC3)c2C1. The monoisotopic (exact) mass is 338 g/mol. The Morgan fingerprint density at radius 1 is 1.08 bits per heavy atom. The molecule has 0 amide bonds. The van der Waals surface area contributed by atoms with Crippen LogP contribution in [0.15, 0.2) is 24.3 Å². The molecule has 0 bridgehead atoms. The van der Waals surface area contributed by atoms with E-state index in [4.69, 9.17) is 9.97 Å².